The van der Waals surface area contributed by atoms with Crippen molar-refractivity contribution >= 4 is 5.69 Å². The van der Waals surface area contributed by atoms with Crippen molar-refractivity contribution in [2.24, 2.45) is 0 Å². The largest absolute Gasteiger partial charge is 0.397 e. The first-order chi connectivity index (χ1) is 5.33. The second-order valence-corrected chi connectivity index (χ2v) is 2.36. The van der Waals surface area contributed by atoms with Gasteiger partial charge in [0.1, 0.15) is 0 Å². The molecule has 0 atom stereocenters. The highest BCUT2D eigenvalue weighted by atomic mass is 14.9. The molecule has 11 heavy (non-hydrogen) atoms. The zero-order chi connectivity index (χ0) is 8.10. The Balaban J connectivity index is 2.52. The van der Waals surface area contributed by atoms with Crippen molar-refractivity contribution in [3.63, 3.8) is 0 Å². The summed E-state index contributed by atoms with van der Waals surface area (Å²) in [6.07, 6.45) is 1.67. The van der Waals surface area contributed by atoms with E-state index in [1.54, 1.807) is 6.20 Å². The summed E-state index contributed by atoms with van der Waals surface area (Å²) in [6.45, 7) is 3.85. The summed E-state index contributed by atoms with van der Waals surface area (Å²) in [4.78, 5) is 4.13. The van der Waals surface area contributed by atoms with Crippen LogP contribution in [0.2, 0.25) is 0 Å². The van der Waals surface area contributed by atoms with E-state index in [-0.39, 0.29) is 0 Å². The van der Waals surface area contributed by atoms with Gasteiger partial charge in [-0.1, -0.05) is 6.92 Å². The highest BCUT2D eigenvalue weighted by Crippen LogP contribution is 1.99. The molecule has 60 valence electrons. The number of nitrogens with one attached hydrogen (secondary N) is 1. The number of pyridine rings is 1. The van der Waals surface area contributed by atoms with Gasteiger partial charge >= 0.3 is 0 Å². The third-order valence-corrected chi connectivity index (χ3v) is 1.40. The van der Waals surface area contributed by atoms with Crippen LogP contribution in [0.1, 0.15) is 12.6 Å². The summed E-state index contributed by atoms with van der Waals surface area (Å²) >= 11 is 0. The second-order valence-electron chi connectivity index (χ2n) is 2.36. The van der Waals surface area contributed by atoms with Crippen LogP contribution in [0.25, 0.3) is 0 Å². The fraction of sp³-hybridized carbons (Fsp3) is 0.375. The van der Waals surface area contributed by atoms with Crippen molar-refractivity contribution in [2.75, 3.05) is 12.3 Å². The molecule has 0 unspecified atom stereocenters. The van der Waals surface area contributed by atoms with E-state index in [2.05, 4.69) is 17.2 Å². The Morgan fingerprint density at radius 2 is 2.36 bits per heavy atom. The third-order valence-electron chi connectivity index (χ3n) is 1.40. The molecule has 0 aromatic carbocycles. The van der Waals surface area contributed by atoms with E-state index in [0.717, 1.165) is 18.8 Å². The van der Waals surface area contributed by atoms with Gasteiger partial charge in [0.15, 0.2) is 0 Å². The molecule has 0 spiro atoms. The van der Waals surface area contributed by atoms with E-state index in [1.807, 2.05) is 12.1 Å². The molecule has 1 heterocycles. The number of hydrogen-bond acceptors (Lipinski definition) is 3. The Morgan fingerprint density at radius 3 is 2.91 bits per heavy atom. The van der Waals surface area contributed by atoms with E-state index in [9.17, 15) is 0 Å². The van der Waals surface area contributed by atoms with Crippen molar-refractivity contribution in [3.8, 4) is 0 Å². The zero-order valence-electron chi connectivity index (χ0n) is 6.67. The molecular weight excluding hydrogens is 138 g/mol. The van der Waals surface area contributed by atoms with Crippen LogP contribution in [0, 0.1) is 0 Å². The number of nitrogens with zero attached hydrogens (tertiary/aromatic N) is 1. The number of anilines is 1. The molecule has 1 rings (SSSR count). The molecule has 3 N–H and O–H groups in total. The summed E-state index contributed by atoms with van der Waals surface area (Å²) in [7, 11) is 0. The third kappa shape index (κ3) is 2.55. The van der Waals surface area contributed by atoms with Crippen molar-refractivity contribution in [3.05, 3.63) is 24.0 Å². The van der Waals surface area contributed by atoms with Crippen LogP contribution in [0.5, 0.6) is 0 Å². The lowest BCUT2D eigenvalue weighted by Crippen LogP contribution is -2.12. The van der Waals surface area contributed by atoms with Gasteiger partial charge in [0.25, 0.3) is 0 Å². The number of nitrogen functional groups attached to an aromatic ring is 1. The quantitative estimate of drug-likeness (QED) is 0.671. The van der Waals surface area contributed by atoms with Gasteiger partial charge in [-0.05, 0) is 18.7 Å². The lowest BCUT2D eigenvalue weighted by atomic mass is 10.3. The molecule has 0 saturated carbocycles. The molecule has 1 aromatic heterocycles. The maximum atomic E-state index is 5.47. The molecule has 0 aliphatic rings. The van der Waals surface area contributed by atoms with E-state index in [1.165, 1.54) is 0 Å². The van der Waals surface area contributed by atoms with Gasteiger partial charge < -0.3 is 11.1 Å². The summed E-state index contributed by atoms with van der Waals surface area (Å²) in [5.74, 6) is 0. The fourth-order valence-corrected chi connectivity index (χ4v) is 0.794. The average Bonchev–Trinajstić information content (AvgIpc) is 2.04. The second kappa shape index (κ2) is 3.93. The summed E-state index contributed by atoms with van der Waals surface area (Å²) in [5.41, 5.74) is 7.21. The summed E-state index contributed by atoms with van der Waals surface area (Å²) in [6, 6.07) is 3.79. The number of nitrogens with two attached hydrogens (primary N) is 1. The molecule has 0 aliphatic heterocycles. The Morgan fingerprint density at radius 1 is 1.55 bits per heavy atom. The Labute approximate surface area is 66.6 Å². The van der Waals surface area contributed by atoms with Crippen LogP contribution in [0.3, 0.4) is 0 Å². The first kappa shape index (κ1) is 8.01. The maximum absolute atomic E-state index is 5.47. The van der Waals surface area contributed by atoms with Crippen LogP contribution in [0.15, 0.2) is 18.3 Å². The smallest absolute Gasteiger partial charge is 0.0543 e. The minimum atomic E-state index is 0.713. The molecule has 0 aliphatic carbocycles. The Hall–Kier alpha value is -1.09. The van der Waals surface area contributed by atoms with Gasteiger partial charge in [-0.3, -0.25) is 4.98 Å². The fourth-order valence-electron chi connectivity index (χ4n) is 0.794. The average molecular weight is 151 g/mol. The molecule has 0 amide bonds. The summed E-state index contributed by atoms with van der Waals surface area (Å²) in [5, 5.41) is 3.18. The van der Waals surface area contributed by atoms with E-state index >= 15 is 0 Å². The highest BCUT2D eigenvalue weighted by Gasteiger charge is 1.90. The van der Waals surface area contributed by atoms with Crippen molar-refractivity contribution in [2.45, 2.75) is 13.5 Å². The zero-order valence-corrected chi connectivity index (χ0v) is 6.67. The SMILES string of the molecule is CCNCc1ccc(N)cn1. The molecule has 3 nitrogen and oxygen atoms in total. The molecular formula is C8H13N3. The van der Waals surface area contributed by atoms with Crippen LogP contribution < -0.4 is 11.1 Å². The predicted octanol–water partition coefficient (Wildman–Crippen LogP) is 0.773. The predicted molar refractivity (Wildman–Crippen MR) is 46.0 cm³/mol. The van der Waals surface area contributed by atoms with Gasteiger partial charge in [0.2, 0.25) is 0 Å². The minimum absolute atomic E-state index is 0.713. The normalized spacial score (nSPS) is 9.91. The summed E-state index contributed by atoms with van der Waals surface area (Å²) < 4.78 is 0. The molecule has 0 saturated heterocycles. The van der Waals surface area contributed by atoms with Gasteiger partial charge in [0.05, 0.1) is 17.6 Å². The van der Waals surface area contributed by atoms with Crippen LogP contribution in [-0.4, -0.2) is 11.5 Å². The van der Waals surface area contributed by atoms with E-state index in [0.29, 0.717) is 5.69 Å². The maximum Gasteiger partial charge on any atom is 0.0543 e. The molecule has 1 aromatic rings. The van der Waals surface area contributed by atoms with Crippen molar-refractivity contribution in [1.82, 2.24) is 10.3 Å². The molecule has 0 fully saturated rings. The van der Waals surface area contributed by atoms with Crippen LogP contribution >= 0.6 is 0 Å². The van der Waals surface area contributed by atoms with Gasteiger partial charge in [-0.2, -0.15) is 0 Å². The van der Waals surface area contributed by atoms with Crippen LogP contribution in [0.4, 0.5) is 5.69 Å². The first-order valence-electron chi connectivity index (χ1n) is 3.74. The van der Waals surface area contributed by atoms with E-state index < -0.39 is 0 Å². The molecule has 0 radical (unpaired) electrons. The number of aromatic nitrogens is 1. The first-order valence-corrected chi connectivity index (χ1v) is 3.74. The lowest BCUT2D eigenvalue weighted by molar-refractivity contribution is 0.711. The highest BCUT2D eigenvalue weighted by molar-refractivity contribution is 5.34. The number of hydrogen-bond donors (Lipinski definition) is 2. The standard InChI is InChI=1S/C8H13N3/c1-2-10-6-8-4-3-7(9)5-11-8/h3-5,10H,2,6,9H2,1H3. The van der Waals surface area contributed by atoms with E-state index in [4.69, 9.17) is 5.73 Å². The lowest BCUT2D eigenvalue weighted by Gasteiger charge is -2.00. The number of rotatable bonds is 3. The molecule has 3 heteroatoms. The van der Waals surface area contributed by atoms with Crippen molar-refractivity contribution in [1.29, 1.82) is 0 Å². The topological polar surface area (TPSA) is 50.9 Å². The van der Waals surface area contributed by atoms with Crippen molar-refractivity contribution < 1.29 is 0 Å². The molecule has 0 bridgehead atoms. The van der Waals surface area contributed by atoms with Crippen LogP contribution in [-0.2, 0) is 6.54 Å². The Kier molecular flexibility index (Phi) is 2.86. The minimum Gasteiger partial charge on any atom is -0.397 e. The van der Waals surface area contributed by atoms with Gasteiger partial charge in [-0.15, -0.1) is 0 Å². The monoisotopic (exact) mass is 151 g/mol. The van der Waals surface area contributed by atoms with Gasteiger partial charge in [0, 0.05) is 6.54 Å². The Bertz CT molecular complexity index is 205. The van der Waals surface area contributed by atoms with Gasteiger partial charge in [-0.25, -0.2) is 0 Å².